The second-order valence-corrected chi connectivity index (χ2v) is 7.04. The van der Waals surface area contributed by atoms with Crippen LogP contribution in [0.5, 0.6) is 0 Å². The number of hydrogen-bond donors (Lipinski definition) is 0. The second kappa shape index (κ2) is 14.1. The van der Waals surface area contributed by atoms with Crippen molar-refractivity contribution < 1.29 is 9.53 Å². The maximum atomic E-state index is 11.5. The maximum Gasteiger partial charge on any atom is 0.308 e. The zero-order valence-electron chi connectivity index (χ0n) is 14.9. The van der Waals surface area contributed by atoms with Gasteiger partial charge in [-0.15, -0.1) is 0 Å². The Hall–Kier alpha value is -0.530. The van der Waals surface area contributed by atoms with Crippen LogP contribution in [0, 0.1) is 5.92 Å². The van der Waals surface area contributed by atoms with Crippen LogP contribution in [0.25, 0.3) is 0 Å². The van der Waals surface area contributed by atoms with Crippen LogP contribution in [0.3, 0.4) is 0 Å². The Bertz CT molecular complexity index is 258. The van der Waals surface area contributed by atoms with Crippen molar-refractivity contribution in [1.82, 2.24) is 0 Å². The predicted octanol–water partition coefficient (Wildman–Crippen LogP) is 6.42. The minimum absolute atomic E-state index is 0.0604. The summed E-state index contributed by atoms with van der Waals surface area (Å²) in [4.78, 5) is 11.5. The van der Waals surface area contributed by atoms with E-state index in [1.54, 1.807) is 0 Å². The molecule has 1 fully saturated rings. The maximum absolute atomic E-state index is 11.5. The normalized spacial score (nSPS) is 14.8. The molecular formula is C20H38O2. The van der Waals surface area contributed by atoms with Gasteiger partial charge in [-0.1, -0.05) is 90.4 Å². The molecular weight excluding hydrogens is 272 g/mol. The number of esters is 1. The van der Waals surface area contributed by atoms with Crippen LogP contribution < -0.4 is 0 Å². The molecule has 0 saturated heterocycles. The van der Waals surface area contributed by atoms with Crippen molar-refractivity contribution in [2.24, 2.45) is 5.92 Å². The number of ether oxygens (including phenoxy) is 1. The van der Waals surface area contributed by atoms with Crippen LogP contribution in [0.4, 0.5) is 0 Å². The van der Waals surface area contributed by atoms with Gasteiger partial charge in [-0.05, 0) is 19.3 Å². The molecule has 1 saturated carbocycles. The van der Waals surface area contributed by atoms with Crippen molar-refractivity contribution in [3.8, 4) is 0 Å². The third-order valence-electron chi connectivity index (χ3n) is 4.93. The molecule has 0 aromatic rings. The third kappa shape index (κ3) is 10.2. The van der Waals surface area contributed by atoms with Gasteiger partial charge >= 0.3 is 5.97 Å². The third-order valence-corrected chi connectivity index (χ3v) is 4.93. The van der Waals surface area contributed by atoms with Gasteiger partial charge < -0.3 is 4.74 Å². The first kappa shape index (κ1) is 19.5. The van der Waals surface area contributed by atoms with Gasteiger partial charge in [-0.3, -0.25) is 4.79 Å². The Kier molecular flexibility index (Phi) is 12.5. The van der Waals surface area contributed by atoms with Crippen LogP contribution in [-0.4, -0.2) is 12.6 Å². The minimum Gasteiger partial charge on any atom is -0.465 e. The summed E-state index contributed by atoms with van der Waals surface area (Å²) in [6, 6.07) is 0. The fourth-order valence-electron chi connectivity index (χ4n) is 3.05. The summed E-state index contributed by atoms with van der Waals surface area (Å²) in [6.45, 7) is 2.92. The van der Waals surface area contributed by atoms with E-state index in [-0.39, 0.29) is 11.9 Å². The molecule has 2 nitrogen and oxygen atoms in total. The lowest BCUT2D eigenvalue weighted by Gasteiger charge is -2.22. The number of unbranched alkanes of at least 4 members (excludes halogenated alkanes) is 12. The average Bonchev–Trinajstić information content (AvgIpc) is 2.46. The topological polar surface area (TPSA) is 26.3 Å². The molecule has 0 heterocycles. The van der Waals surface area contributed by atoms with E-state index in [0.717, 1.165) is 19.3 Å². The average molecular weight is 311 g/mol. The van der Waals surface area contributed by atoms with E-state index in [1.165, 1.54) is 83.5 Å². The molecule has 0 aromatic heterocycles. The van der Waals surface area contributed by atoms with Crippen LogP contribution in [0.15, 0.2) is 0 Å². The molecule has 1 rings (SSSR count). The molecule has 0 radical (unpaired) electrons. The SMILES string of the molecule is CCCCCCCCCCCCCCCOC(=O)C1CCC1. The monoisotopic (exact) mass is 310 g/mol. The van der Waals surface area contributed by atoms with Crippen LogP contribution >= 0.6 is 0 Å². The van der Waals surface area contributed by atoms with Crippen LogP contribution in [0.1, 0.15) is 110 Å². The van der Waals surface area contributed by atoms with Gasteiger partial charge in [-0.25, -0.2) is 0 Å². The molecule has 2 heteroatoms. The number of carbonyl (C=O) groups excluding carboxylic acids is 1. The minimum atomic E-state index is 0.0604. The molecule has 130 valence electrons. The van der Waals surface area contributed by atoms with Crippen molar-refractivity contribution in [2.45, 2.75) is 110 Å². The lowest BCUT2D eigenvalue weighted by atomic mass is 9.86. The van der Waals surface area contributed by atoms with E-state index in [4.69, 9.17) is 4.74 Å². The van der Waals surface area contributed by atoms with E-state index >= 15 is 0 Å². The fourth-order valence-corrected chi connectivity index (χ4v) is 3.05. The predicted molar refractivity (Wildman–Crippen MR) is 94.0 cm³/mol. The Morgan fingerprint density at radius 3 is 1.64 bits per heavy atom. The highest BCUT2D eigenvalue weighted by Gasteiger charge is 2.26. The van der Waals surface area contributed by atoms with Crippen molar-refractivity contribution in [2.75, 3.05) is 6.61 Å². The van der Waals surface area contributed by atoms with E-state index in [9.17, 15) is 4.79 Å². The molecule has 1 aliphatic carbocycles. The first-order chi connectivity index (χ1) is 10.8. The zero-order valence-corrected chi connectivity index (χ0v) is 14.9. The summed E-state index contributed by atoms with van der Waals surface area (Å²) in [5, 5.41) is 0. The Balaban J connectivity index is 1.68. The van der Waals surface area contributed by atoms with Gasteiger partial charge in [0.05, 0.1) is 12.5 Å². The molecule has 1 aliphatic rings. The van der Waals surface area contributed by atoms with Gasteiger partial charge in [0.1, 0.15) is 0 Å². The van der Waals surface area contributed by atoms with Crippen LogP contribution in [0.2, 0.25) is 0 Å². The van der Waals surface area contributed by atoms with E-state index < -0.39 is 0 Å². The molecule has 0 atom stereocenters. The standard InChI is InChI=1S/C20H38O2/c1-2-3-4-5-6-7-8-9-10-11-12-13-14-18-22-20(21)19-16-15-17-19/h19H,2-18H2,1H3. The summed E-state index contributed by atoms with van der Waals surface area (Å²) in [6.07, 6.45) is 21.0. The highest BCUT2D eigenvalue weighted by atomic mass is 16.5. The molecule has 0 bridgehead atoms. The van der Waals surface area contributed by atoms with E-state index in [1.807, 2.05) is 0 Å². The number of hydrogen-bond acceptors (Lipinski definition) is 2. The lowest BCUT2D eigenvalue weighted by molar-refractivity contribution is -0.151. The summed E-state index contributed by atoms with van der Waals surface area (Å²) < 4.78 is 5.31. The molecule has 0 N–H and O–H groups in total. The van der Waals surface area contributed by atoms with E-state index in [0.29, 0.717) is 6.61 Å². The summed E-state index contributed by atoms with van der Waals surface area (Å²) in [7, 11) is 0. The summed E-state index contributed by atoms with van der Waals surface area (Å²) >= 11 is 0. The Labute approximate surface area is 138 Å². The van der Waals surface area contributed by atoms with Crippen molar-refractivity contribution in [1.29, 1.82) is 0 Å². The largest absolute Gasteiger partial charge is 0.465 e. The van der Waals surface area contributed by atoms with E-state index in [2.05, 4.69) is 6.92 Å². The van der Waals surface area contributed by atoms with Gasteiger partial charge in [0.25, 0.3) is 0 Å². The molecule has 0 aromatic carbocycles. The molecule has 22 heavy (non-hydrogen) atoms. The first-order valence-corrected chi connectivity index (χ1v) is 10.0. The Morgan fingerprint density at radius 2 is 1.23 bits per heavy atom. The lowest BCUT2D eigenvalue weighted by Crippen LogP contribution is -2.24. The van der Waals surface area contributed by atoms with Crippen LogP contribution in [-0.2, 0) is 9.53 Å². The summed E-state index contributed by atoms with van der Waals surface area (Å²) in [5.74, 6) is 0.298. The van der Waals surface area contributed by atoms with Crippen molar-refractivity contribution >= 4 is 5.97 Å². The second-order valence-electron chi connectivity index (χ2n) is 7.04. The summed E-state index contributed by atoms with van der Waals surface area (Å²) in [5.41, 5.74) is 0. The smallest absolute Gasteiger partial charge is 0.308 e. The molecule has 0 unspecified atom stereocenters. The van der Waals surface area contributed by atoms with Gasteiger partial charge in [0.15, 0.2) is 0 Å². The Morgan fingerprint density at radius 1 is 0.773 bits per heavy atom. The molecule has 0 amide bonds. The molecule has 0 aliphatic heterocycles. The quantitative estimate of drug-likeness (QED) is 0.258. The fraction of sp³-hybridized carbons (Fsp3) is 0.950. The number of rotatable bonds is 15. The van der Waals surface area contributed by atoms with Gasteiger partial charge in [0.2, 0.25) is 0 Å². The van der Waals surface area contributed by atoms with Crippen molar-refractivity contribution in [3.05, 3.63) is 0 Å². The highest BCUT2D eigenvalue weighted by Crippen LogP contribution is 2.27. The zero-order chi connectivity index (χ0) is 15.9. The first-order valence-electron chi connectivity index (χ1n) is 10.0. The number of carbonyl (C=O) groups is 1. The highest BCUT2D eigenvalue weighted by molar-refractivity contribution is 5.73. The van der Waals surface area contributed by atoms with Crippen molar-refractivity contribution in [3.63, 3.8) is 0 Å². The van der Waals surface area contributed by atoms with Gasteiger partial charge in [0, 0.05) is 0 Å². The molecule has 0 spiro atoms. The van der Waals surface area contributed by atoms with Gasteiger partial charge in [-0.2, -0.15) is 0 Å².